The van der Waals surface area contributed by atoms with E-state index in [-0.39, 0.29) is 51.0 Å². The molecule has 0 saturated heterocycles. The second-order valence-electron chi connectivity index (χ2n) is 3.44. The molecule has 1 radical (unpaired) electrons. The molecule has 0 bridgehead atoms. The summed E-state index contributed by atoms with van der Waals surface area (Å²) in [5.41, 5.74) is 4.65. The summed E-state index contributed by atoms with van der Waals surface area (Å²) < 4.78 is 0. The number of rotatable bonds is 4. The SMILES string of the molecule is CCCC1=[C-]C(CC)=C(CC)C1.[Cl-].[Cl-].[Zr+3]. The van der Waals surface area contributed by atoms with E-state index in [1.165, 1.54) is 36.8 Å². The molecule has 3 heteroatoms. The van der Waals surface area contributed by atoms with Crippen LogP contribution < -0.4 is 24.8 Å². The van der Waals surface area contributed by atoms with Gasteiger partial charge in [0.1, 0.15) is 0 Å². The van der Waals surface area contributed by atoms with Gasteiger partial charge in [-0.3, -0.25) is 0 Å². The summed E-state index contributed by atoms with van der Waals surface area (Å²) in [5, 5.41) is 0. The number of hydrogen-bond acceptors (Lipinski definition) is 0. The second kappa shape index (κ2) is 11.4. The average Bonchev–Trinajstić information content (AvgIpc) is 2.48. The van der Waals surface area contributed by atoms with E-state index >= 15 is 0 Å². The molecule has 0 unspecified atom stereocenters. The zero-order valence-electron chi connectivity index (χ0n) is 9.79. The summed E-state index contributed by atoms with van der Waals surface area (Å²) in [4.78, 5) is 0. The maximum atomic E-state index is 3.54. The van der Waals surface area contributed by atoms with E-state index in [1.54, 1.807) is 5.57 Å². The van der Waals surface area contributed by atoms with Crippen molar-refractivity contribution in [2.75, 3.05) is 0 Å². The first-order valence-electron chi connectivity index (χ1n) is 5.14. The van der Waals surface area contributed by atoms with Gasteiger partial charge >= 0.3 is 26.2 Å². The van der Waals surface area contributed by atoms with Crippen molar-refractivity contribution < 1.29 is 51.0 Å². The van der Waals surface area contributed by atoms with Crippen LogP contribution in [0.4, 0.5) is 0 Å². The smallest absolute Gasteiger partial charge is 1.00 e. The largest absolute Gasteiger partial charge is 3.00 e. The quantitative estimate of drug-likeness (QED) is 0.527. The maximum Gasteiger partial charge on any atom is 3.00 e. The predicted octanol–water partition coefficient (Wildman–Crippen LogP) is -1.96. The van der Waals surface area contributed by atoms with E-state index in [9.17, 15) is 0 Å². The Morgan fingerprint density at radius 1 is 1.07 bits per heavy atom. The number of allylic oxidation sites excluding steroid dienone is 4. The maximum absolute atomic E-state index is 3.54. The van der Waals surface area contributed by atoms with Gasteiger partial charge in [0, 0.05) is 0 Å². The average molecular weight is 325 g/mol. The molecule has 0 aromatic carbocycles. The van der Waals surface area contributed by atoms with Crippen LogP contribution in [-0.4, -0.2) is 0 Å². The normalized spacial score (nSPS) is 13.7. The fourth-order valence-corrected chi connectivity index (χ4v) is 1.84. The summed E-state index contributed by atoms with van der Waals surface area (Å²) in [6.07, 6.45) is 9.63. The van der Waals surface area contributed by atoms with Crippen molar-refractivity contribution in [3.05, 3.63) is 22.8 Å². The van der Waals surface area contributed by atoms with Crippen LogP contribution in [0.15, 0.2) is 16.7 Å². The van der Waals surface area contributed by atoms with Crippen LogP contribution in [0.3, 0.4) is 0 Å². The van der Waals surface area contributed by atoms with Crippen molar-refractivity contribution in [1.82, 2.24) is 0 Å². The molecule has 85 valence electrons. The van der Waals surface area contributed by atoms with Crippen LogP contribution in [0, 0.1) is 6.08 Å². The summed E-state index contributed by atoms with van der Waals surface area (Å²) in [7, 11) is 0. The van der Waals surface area contributed by atoms with Gasteiger partial charge in [0.2, 0.25) is 0 Å². The van der Waals surface area contributed by atoms with Crippen LogP contribution in [0.1, 0.15) is 52.9 Å². The Labute approximate surface area is 126 Å². The zero-order chi connectivity index (χ0) is 8.97. The van der Waals surface area contributed by atoms with Gasteiger partial charge in [0.25, 0.3) is 0 Å². The molecule has 0 aromatic heterocycles. The van der Waals surface area contributed by atoms with Crippen molar-refractivity contribution in [1.29, 1.82) is 0 Å². The fourth-order valence-electron chi connectivity index (χ4n) is 1.84. The van der Waals surface area contributed by atoms with Crippen molar-refractivity contribution in [3.8, 4) is 0 Å². The van der Waals surface area contributed by atoms with Gasteiger partial charge in [0.05, 0.1) is 0 Å². The molecule has 0 heterocycles. The Kier molecular flexibility index (Phi) is 16.2. The molecule has 0 amide bonds. The molecule has 0 spiro atoms. The first-order valence-corrected chi connectivity index (χ1v) is 5.14. The zero-order valence-corrected chi connectivity index (χ0v) is 13.8. The van der Waals surface area contributed by atoms with Crippen molar-refractivity contribution >= 4 is 0 Å². The standard InChI is InChI=1S/C12H19.2ClH.Zr/c1-4-7-10-8-11(5-2)12(6-3)9-10;;;/h4-8H2,1-3H3;2*1H;/q-1;;;+3/p-2. The molecule has 0 fully saturated rings. The molecular weight excluding hydrogens is 306 g/mol. The topological polar surface area (TPSA) is 0 Å². The monoisotopic (exact) mass is 323 g/mol. The van der Waals surface area contributed by atoms with E-state index in [4.69, 9.17) is 0 Å². The van der Waals surface area contributed by atoms with Crippen LogP contribution in [-0.2, 0) is 26.2 Å². The van der Waals surface area contributed by atoms with E-state index in [0.29, 0.717) is 0 Å². The Morgan fingerprint density at radius 2 is 1.67 bits per heavy atom. The van der Waals surface area contributed by atoms with Crippen molar-refractivity contribution in [2.45, 2.75) is 52.9 Å². The minimum absolute atomic E-state index is 0. The predicted molar refractivity (Wildman–Crippen MR) is 53.9 cm³/mol. The van der Waals surface area contributed by atoms with Crippen LogP contribution in [0.25, 0.3) is 0 Å². The van der Waals surface area contributed by atoms with Crippen molar-refractivity contribution in [3.63, 3.8) is 0 Å². The molecule has 0 aliphatic heterocycles. The Morgan fingerprint density at radius 3 is 2.00 bits per heavy atom. The molecule has 1 aliphatic rings. The molecular formula is C12H19Cl2Zr. The van der Waals surface area contributed by atoms with Crippen molar-refractivity contribution in [2.24, 2.45) is 0 Å². The Balaban J connectivity index is -0.000000480. The summed E-state index contributed by atoms with van der Waals surface area (Å²) >= 11 is 0. The first-order chi connectivity index (χ1) is 5.81. The minimum Gasteiger partial charge on any atom is -1.00 e. The van der Waals surface area contributed by atoms with E-state index in [0.717, 1.165) is 6.42 Å². The Hall–Kier alpha value is 0.943. The van der Waals surface area contributed by atoms with Gasteiger partial charge < -0.3 is 24.8 Å². The fraction of sp³-hybridized carbons (Fsp3) is 0.667. The van der Waals surface area contributed by atoms with E-state index in [2.05, 4.69) is 26.8 Å². The molecule has 0 atom stereocenters. The van der Waals surface area contributed by atoms with Gasteiger partial charge in [-0.2, -0.15) is 5.57 Å². The third kappa shape index (κ3) is 6.29. The van der Waals surface area contributed by atoms with Crippen LogP contribution in [0.2, 0.25) is 0 Å². The van der Waals surface area contributed by atoms with Gasteiger partial charge in [-0.25, -0.2) is 17.2 Å². The Bertz CT molecular complexity index is 220. The summed E-state index contributed by atoms with van der Waals surface area (Å²) in [5.74, 6) is 0. The third-order valence-electron chi connectivity index (χ3n) is 2.51. The second-order valence-corrected chi connectivity index (χ2v) is 3.44. The molecule has 0 N–H and O–H groups in total. The van der Waals surface area contributed by atoms with E-state index in [1.807, 2.05) is 0 Å². The third-order valence-corrected chi connectivity index (χ3v) is 2.51. The van der Waals surface area contributed by atoms with E-state index < -0.39 is 0 Å². The number of halogens is 2. The molecule has 1 aliphatic carbocycles. The van der Waals surface area contributed by atoms with Gasteiger partial charge in [-0.15, -0.1) is 6.42 Å². The molecule has 0 nitrogen and oxygen atoms in total. The molecule has 15 heavy (non-hydrogen) atoms. The van der Waals surface area contributed by atoms with Crippen LogP contribution >= 0.6 is 0 Å². The van der Waals surface area contributed by atoms with Crippen LogP contribution in [0.5, 0.6) is 0 Å². The summed E-state index contributed by atoms with van der Waals surface area (Å²) in [6.45, 7) is 6.72. The summed E-state index contributed by atoms with van der Waals surface area (Å²) in [6, 6.07) is 0. The first kappa shape index (κ1) is 21.3. The molecule has 0 saturated carbocycles. The van der Waals surface area contributed by atoms with Gasteiger partial charge in [-0.1, -0.05) is 46.5 Å². The van der Waals surface area contributed by atoms with Gasteiger partial charge in [-0.05, 0) is 0 Å². The van der Waals surface area contributed by atoms with Gasteiger partial charge in [0.15, 0.2) is 0 Å². The molecule has 1 rings (SSSR count). The molecule has 0 aromatic rings. The number of hydrogen-bond donors (Lipinski definition) is 0. The minimum atomic E-state index is 0.